The molecular weight excluding hydrogens is 300 g/mol. The standard InChI is InChI=1S/C16H17ClN4O/c1-4-9-18-15-12(16(22)21(5-2)6-3)13(17)11-8-7-10-19-14(11)20-15/h1,7-8,10H,5-6,9H2,2-3H3,(H,18,19,20). The number of amides is 1. The summed E-state index contributed by atoms with van der Waals surface area (Å²) in [4.78, 5) is 23.0. The number of rotatable bonds is 5. The largest absolute Gasteiger partial charge is 0.358 e. The van der Waals surface area contributed by atoms with Crippen LogP contribution in [-0.4, -0.2) is 40.4 Å². The second kappa shape index (κ2) is 7.10. The van der Waals surface area contributed by atoms with E-state index in [-0.39, 0.29) is 12.5 Å². The van der Waals surface area contributed by atoms with Gasteiger partial charge in [0.25, 0.3) is 5.91 Å². The maximum atomic E-state index is 12.7. The van der Waals surface area contributed by atoms with Crippen LogP contribution in [0.4, 0.5) is 5.82 Å². The second-order valence-corrected chi connectivity index (χ2v) is 4.94. The fourth-order valence-corrected chi connectivity index (χ4v) is 2.50. The van der Waals surface area contributed by atoms with Gasteiger partial charge in [0, 0.05) is 24.7 Å². The van der Waals surface area contributed by atoms with Crippen LogP contribution in [0.15, 0.2) is 18.3 Å². The third-order valence-corrected chi connectivity index (χ3v) is 3.71. The monoisotopic (exact) mass is 316 g/mol. The van der Waals surface area contributed by atoms with E-state index in [2.05, 4.69) is 21.2 Å². The molecule has 2 rings (SSSR count). The molecule has 6 heteroatoms. The van der Waals surface area contributed by atoms with Gasteiger partial charge in [0.2, 0.25) is 0 Å². The number of terminal acetylenes is 1. The fourth-order valence-electron chi connectivity index (χ4n) is 2.18. The Balaban J connectivity index is 2.65. The number of nitrogens with zero attached hydrogens (tertiary/aromatic N) is 3. The van der Waals surface area contributed by atoms with Crippen molar-refractivity contribution in [1.82, 2.24) is 14.9 Å². The van der Waals surface area contributed by atoms with Crippen molar-refractivity contribution in [1.29, 1.82) is 0 Å². The lowest BCUT2D eigenvalue weighted by molar-refractivity contribution is 0.0774. The molecule has 5 nitrogen and oxygen atoms in total. The average molecular weight is 317 g/mol. The molecular formula is C16H17ClN4O. The SMILES string of the molecule is C#CCNc1nc2ncccc2c(Cl)c1C(=O)N(CC)CC. The van der Waals surface area contributed by atoms with Crippen molar-refractivity contribution < 1.29 is 4.79 Å². The van der Waals surface area contributed by atoms with Gasteiger partial charge in [0.1, 0.15) is 11.4 Å². The first-order chi connectivity index (χ1) is 10.6. The maximum Gasteiger partial charge on any atom is 0.259 e. The highest BCUT2D eigenvalue weighted by molar-refractivity contribution is 6.39. The van der Waals surface area contributed by atoms with Gasteiger partial charge < -0.3 is 10.2 Å². The number of carbonyl (C=O) groups is 1. The van der Waals surface area contributed by atoms with E-state index in [1.807, 2.05) is 13.8 Å². The molecule has 2 heterocycles. The van der Waals surface area contributed by atoms with Gasteiger partial charge in [-0.2, -0.15) is 0 Å². The summed E-state index contributed by atoms with van der Waals surface area (Å²) in [6, 6.07) is 3.55. The molecule has 1 amide bonds. The summed E-state index contributed by atoms with van der Waals surface area (Å²) in [6.07, 6.45) is 6.91. The number of fused-ring (bicyclic) bond motifs is 1. The van der Waals surface area contributed by atoms with Crippen LogP contribution in [0.3, 0.4) is 0 Å². The Morgan fingerprint density at radius 2 is 2.18 bits per heavy atom. The maximum absolute atomic E-state index is 12.7. The predicted molar refractivity (Wildman–Crippen MR) is 89.1 cm³/mol. The zero-order valence-corrected chi connectivity index (χ0v) is 13.3. The molecule has 22 heavy (non-hydrogen) atoms. The van der Waals surface area contributed by atoms with Gasteiger partial charge in [-0.05, 0) is 26.0 Å². The molecule has 114 valence electrons. The van der Waals surface area contributed by atoms with Gasteiger partial charge in [-0.3, -0.25) is 4.79 Å². The molecule has 0 spiro atoms. The van der Waals surface area contributed by atoms with Crippen molar-refractivity contribution in [3.05, 3.63) is 28.9 Å². The number of nitrogens with one attached hydrogen (secondary N) is 1. The van der Waals surface area contributed by atoms with Crippen LogP contribution in [0, 0.1) is 12.3 Å². The summed E-state index contributed by atoms with van der Waals surface area (Å²) in [5.74, 6) is 2.66. The first kappa shape index (κ1) is 16.1. The Morgan fingerprint density at radius 1 is 1.45 bits per heavy atom. The van der Waals surface area contributed by atoms with Crippen molar-refractivity contribution in [2.45, 2.75) is 13.8 Å². The molecule has 0 saturated carbocycles. The van der Waals surface area contributed by atoms with Gasteiger partial charge in [-0.1, -0.05) is 17.5 Å². The summed E-state index contributed by atoms with van der Waals surface area (Å²) in [5.41, 5.74) is 0.809. The summed E-state index contributed by atoms with van der Waals surface area (Å²) < 4.78 is 0. The minimum atomic E-state index is -0.173. The Hall–Kier alpha value is -2.32. The number of anilines is 1. The van der Waals surface area contributed by atoms with Gasteiger partial charge >= 0.3 is 0 Å². The highest BCUT2D eigenvalue weighted by Crippen LogP contribution is 2.31. The lowest BCUT2D eigenvalue weighted by Crippen LogP contribution is -2.31. The molecule has 1 N–H and O–H groups in total. The Labute approximate surface area is 134 Å². The highest BCUT2D eigenvalue weighted by Gasteiger charge is 2.23. The Morgan fingerprint density at radius 3 is 2.82 bits per heavy atom. The van der Waals surface area contributed by atoms with E-state index in [9.17, 15) is 4.79 Å². The van der Waals surface area contributed by atoms with Crippen LogP contribution in [0.1, 0.15) is 24.2 Å². The lowest BCUT2D eigenvalue weighted by Gasteiger charge is -2.21. The molecule has 0 aliphatic rings. The van der Waals surface area contributed by atoms with E-state index in [4.69, 9.17) is 18.0 Å². The predicted octanol–water partition coefficient (Wildman–Crippen LogP) is 2.81. The number of hydrogen-bond acceptors (Lipinski definition) is 4. The molecule has 0 bridgehead atoms. The molecule has 0 aromatic carbocycles. The van der Waals surface area contributed by atoms with Crippen molar-refractivity contribution >= 4 is 34.4 Å². The van der Waals surface area contributed by atoms with E-state index in [1.54, 1.807) is 23.2 Å². The lowest BCUT2D eigenvalue weighted by atomic mass is 10.1. The van der Waals surface area contributed by atoms with E-state index >= 15 is 0 Å². The fraction of sp³-hybridized carbons (Fsp3) is 0.312. The molecule has 0 saturated heterocycles. The normalized spacial score (nSPS) is 10.3. The number of halogens is 1. The molecule has 0 aliphatic carbocycles. The Kier molecular flexibility index (Phi) is 5.18. The zero-order valence-electron chi connectivity index (χ0n) is 12.6. The van der Waals surface area contributed by atoms with Gasteiger partial charge in [0.15, 0.2) is 5.65 Å². The topological polar surface area (TPSA) is 58.1 Å². The second-order valence-electron chi connectivity index (χ2n) is 4.56. The molecule has 0 aliphatic heterocycles. The van der Waals surface area contributed by atoms with E-state index < -0.39 is 0 Å². The smallest absolute Gasteiger partial charge is 0.259 e. The Bertz CT molecular complexity index is 735. The molecule has 2 aromatic heterocycles. The number of pyridine rings is 2. The third kappa shape index (κ3) is 2.97. The van der Waals surface area contributed by atoms with Crippen LogP contribution in [0.25, 0.3) is 11.0 Å². The molecule has 0 atom stereocenters. The van der Waals surface area contributed by atoms with Crippen LogP contribution in [-0.2, 0) is 0 Å². The number of aromatic nitrogens is 2. The molecule has 2 aromatic rings. The van der Waals surface area contributed by atoms with Crippen molar-refractivity contribution in [3.63, 3.8) is 0 Å². The first-order valence-corrected chi connectivity index (χ1v) is 7.42. The van der Waals surface area contributed by atoms with Crippen LogP contribution < -0.4 is 5.32 Å². The van der Waals surface area contributed by atoms with Gasteiger partial charge in [0.05, 0.1) is 11.6 Å². The number of carbonyl (C=O) groups excluding carboxylic acids is 1. The molecule has 0 radical (unpaired) electrons. The quantitative estimate of drug-likeness (QED) is 0.862. The summed E-state index contributed by atoms with van der Waals surface area (Å²) >= 11 is 6.46. The average Bonchev–Trinajstić information content (AvgIpc) is 2.54. The minimum absolute atomic E-state index is 0.173. The van der Waals surface area contributed by atoms with Crippen molar-refractivity contribution in [2.24, 2.45) is 0 Å². The summed E-state index contributed by atoms with van der Waals surface area (Å²) in [6.45, 7) is 5.26. The van der Waals surface area contributed by atoms with E-state index in [0.29, 0.717) is 40.5 Å². The molecule has 0 fully saturated rings. The number of hydrogen-bond donors (Lipinski definition) is 1. The van der Waals surface area contributed by atoms with Crippen LogP contribution in [0.2, 0.25) is 5.02 Å². The minimum Gasteiger partial charge on any atom is -0.358 e. The van der Waals surface area contributed by atoms with E-state index in [0.717, 1.165) is 0 Å². The summed E-state index contributed by atoms with van der Waals surface area (Å²) in [5, 5.41) is 3.95. The van der Waals surface area contributed by atoms with Crippen molar-refractivity contribution in [3.8, 4) is 12.3 Å². The third-order valence-electron chi connectivity index (χ3n) is 3.32. The van der Waals surface area contributed by atoms with Gasteiger partial charge in [-0.15, -0.1) is 6.42 Å². The zero-order chi connectivity index (χ0) is 16.1. The van der Waals surface area contributed by atoms with Crippen molar-refractivity contribution in [2.75, 3.05) is 25.0 Å². The van der Waals surface area contributed by atoms with E-state index in [1.165, 1.54) is 0 Å². The summed E-state index contributed by atoms with van der Waals surface area (Å²) in [7, 11) is 0. The highest BCUT2D eigenvalue weighted by atomic mass is 35.5. The molecule has 0 unspecified atom stereocenters. The van der Waals surface area contributed by atoms with Crippen LogP contribution in [0.5, 0.6) is 0 Å². The van der Waals surface area contributed by atoms with Gasteiger partial charge in [-0.25, -0.2) is 9.97 Å². The first-order valence-electron chi connectivity index (χ1n) is 7.04. The van der Waals surface area contributed by atoms with Crippen LogP contribution >= 0.6 is 11.6 Å².